The van der Waals surface area contributed by atoms with Crippen molar-refractivity contribution in [2.45, 2.75) is 19.6 Å². The molecule has 0 atom stereocenters. The Bertz CT molecular complexity index is 943. The molecular formula is C18H18N4O3. The maximum Gasteiger partial charge on any atom is 0.248 e. The number of nitrogens with zero attached hydrogens (tertiary/aromatic N) is 2. The summed E-state index contributed by atoms with van der Waals surface area (Å²) in [4.78, 5) is 35.7. The van der Waals surface area contributed by atoms with E-state index in [1.807, 2.05) is 24.3 Å². The molecule has 0 unspecified atom stereocenters. The van der Waals surface area contributed by atoms with Crippen LogP contribution in [0.3, 0.4) is 0 Å². The summed E-state index contributed by atoms with van der Waals surface area (Å²) in [6.45, 7) is 1.37. The van der Waals surface area contributed by atoms with Crippen LogP contribution < -0.4 is 5.56 Å². The van der Waals surface area contributed by atoms with Crippen molar-refractivity contribution in [2.24, 2.45) is 0 Å². The number of aromatic nitrogens is 3. The van der Waals surface area contributed by atoms with E-state index in [1.54, 1.807) is 17.2 Å². The molecule has 1 aliphatic rings. The van der Waals surface area contributed by atoms with Gasteiger partial charge in [-0.05, 0) is 29.7 Å². The molecule has 7 heteroatoms. The van der Waals surface area contributed by atoms with Crippen molar-refractivity contribution in [3.8, 4) is 0 Å². The Morgan fingerprint density at radius 3 is 3.04 bits per heavy atom. The standard InChI is InChI=1S/C18H18N4O3/c23-17-7-12-5-6-22(9-13(12)8-19-17)18(24)11-25-10-16-20-14-3-1-2-4-15(14)21-16/h1-4,7-8H,5-6,9-11H2,(H,19,23)(H,20,21). The zero-order valence-electron chi connectivity index (χ0n) is 13.6. The zero-order chi connectivity index (χ0) is 17.2. The number of fused-ring (bicyclic) bond motifs is 2. The Labute approximate surface area is 143 Å². The van der Waals surface area contributed by atoms with Gasteiger partial charge in [-0.1, -0.05) is 12.1 Å². The second-order valence-corrected chi connectivity index (χ2v) is 6.11. The van der Waals surface area contributed by atoms with Gasteiger partial charge in [0, 0.05) is 25.4 Å². The Balaban J connectivity index is 1.33. The van der Waals surface area contributed by atoms with Gasteiger partial charge in [-0.15, -0.1) is 0 Å². The van der Waals surface area contributed by atoms with Gasteiger partial charge in [0.25, 0.3) is 0 Å². The molecule has 7 nitrogen and oxygen atoms in total. The summed E-state index contributed by atoms with van der Waals surface area (Å²) in [7, 11) is 0. The van der Waals surface area contributed by atoms with E-state index in [9.17, 15) is 9.59 Å². The third-order valence-electron chi connectivity index (χ3n) is 4.37. The fourth-order valence-corrected chi connectivity index (χ4v) is 3.08. The molecule has 0 saturated carbocycles. The first-order valence-electron chi connectivity index (χ1n) is 8.19. The number of ether oxygens (including phenoxy) is 1. The molecule has 0 spiro atoms. The van der Waals surface area contributed by atoms with Gasteiger partial charge in [-0.25, -0.2) is 4.98 Å². The van der Waals surface area contributed by atoms with Gasteiger partial charge in [-0.3, -0.25) is 9.59 Å². The second-order valence-electron chi connectivity index (χ2n) is 6.11. The van der Waals surface area contributed by atoms with Gasteiger partial charge in [0.2, 0.25) is 11.5 Å². The number of nitrogens with one attached hydrogen (secondary N) is 2. The summed E-state index contributed by atoms with van der Waals surface area (Å²) in [5.74, 6) is 0.642. The van der Waals surface area contributed by atoms with E-state index in [1.165, 1.54) is 0 Å². The lowest BCUT2D eigenvalue weighted by atomic mass is 10.0. The highest BCUT2D eigenvalue weighted by atomic mass is 16.5. The summed E-state index contributed by atoms with van der Waals surface area (Å²) in [5, 5.41) is 0. The van der Waals surface area contributed by atoms with E-state index < -0.39 is 0 Å². The fourth-order valence-electron chi connectivity index (χ4n) is 3.08. The minimum Gasteiger partial charge on any atom is -0.364 e. The third-order valence-corrected chi connectivity index (χ3v) is 4.37. The summed E-state index contributed by atoms with van der Waals surface area (Å²) < 4.78 is 5.53. The summed E-state index contributed by atoms with van der Waals surface area (Å²) in [5.41, 5.74) is 3.73. The maximum atomic E-state index is 12.3. The average molecular weight is 338 g/mol. The molecule has 3 aromatic rings. The molecular weight excluding hydrogens is 320 g/mol. The number of para-hydroxylation sites is 2. The molecule has 3 heterocycles. The SMILES string of the molecule is O=C(COCc1nc2ccccc2[nH]1)N1CCc2cc(=O)[nH]cc2C1. The van der Waals surface area contributed by atoms with Gasteiger partial charge in [0.1, 0.15) is 19.0 Å². The Morgan fingerprint density at radius 1 is 1.28 bits per heavy atom. The van der Waals surface area contributed by atoms with Gasteiger partial charge in [-0.2, -0.15) is 0 Å². The number of carbonyl (C=O) groups is 1. The van der Waals surface area contributed by atoms with Crippen molar-refractivity contribution in [1.29, 1.82) is 0 Å². The van der Waals surface area contributed by atoms with Crippen molar-refractivity contribution in [2.75, 3.05) is 13.2 Å². The highest BCUT2D eigenvalue weighted by Crippen LogP contribution is 2.16. The lowest BCUT2D eigenvalue weighted by molar-refractivity contribution is -0.137. The number of carbonyl (C=O) groups excluding carboxylic acids is 1. The van der Waals surface area contributed by atoms with Crippen LogP contribution in [0.25, 0.3) is 11.0 Å². The molecule has 0 radical (unpaired) electrons. The topological polar surface area (TPSA) is 91.1 Å². The average Bonchev–Trinajstić information content (AvgIpc) is 3.04. The molecule has 1 aromatic carbocycles. The number of aromatic amines is 2. The minimum atomic E-state index is -0.104. The second kappa shape index (κ2) is 6.52. The van der Waals surface area contributed by atoms with Crippen molar-refractivity contribution in [1.82, 2.24) is 19.9 Å². The van der Waals surface area contributed by atoms with E-state index in [2.05, 4.69) is 15.0 Å². The third kappa shape index (κ3) is 3.32. The number of hydrogen-bond donors (Lipinski definition) is 2. The smallest absolute Gasteiger partial charge is 0.248 e. The molecule has 0 fully saturated rings. The Hall–Kier alpha value is -2.93. The van der Waals surface area contributed by atoms with Crippen molar-refractivity contribution < 1.29 is 9.53 Å². The van der Waals surface area contributed by atoms with E-state index in [4.69, 9.17) is 4.74 Å². The van der Waals surface area contributed by atoms with Crippen molar-refractivity contribution in [3.05, 3.63) is 63.8 Å². The number of imidazole rings is 1. The number of benzene rings is 1. The van der Waals surface area contributed by atoms with Gasteiger partial charge < -0.3 is 19.6 Å². The highest BCUT2D eigenvalue weighted by molar-refractivity contribution is 5.78. The first-order valence-corrected chi connectivity index (χ1v) is 8.19. The molecule has 0 aliphatic carbocycles. The van der Waals surface area contributed by atoms with E-state index >= 15 is 0 Å². The van der Waals surface area contributed by atoms with Crippen LogP contribution >= 0.6 is 0 Å². The predicted octanol–water partition coefficient (Wildman–Crippen LogP) is 1.35. The summed E-state index contributed by atoms with van der Waals surface area (Å²) in [6, 6.07) is 9.35. The van der Waals surface area contributed by atoms with Crippen molar-refractivity contribution >= 4 is 16.9 Å². The van der Waals surface area contributed by atoms with Crippen LogP contribution in [0.15, 0.2) is 41.3 Å². The summed E-state index contributed by atoms with van der Waals surface area (Å²) in [6.07, 6.45) is 2.38. The number of hydrogen-bond acceptors (Lipinski definition) is 4. The van der Waals surface area contributed by atoms with Gasteiger partial charge in [0.05, 0.1) is 11.0 Å². The highest BCUT2D eigenvalue weighted by Gasteiger charge is 2.21. The molecule has 25 heavy (non-hydrogen) atoms. The molecule has 0 bridgehead atoms. The Morgan fingerprint density at radius 2 is 2.16 bits per heavy atom. The minimum absolute atomic E-state index is 0.00965. The largest absolute Gasteiger partial charge is 0.364 e. The lowest BCUT2D eigenvalue weighted by Gasteiger charge is -2.28. The van der Waals surface area contributed by atoms with E-state index in [0.29, 0.717) is 25.3 Å². The van der Waals surface area contributed by atoms with Crippen LogP contribution in [-0.4, -0.2) is 38.9 Å². The van der Waals surface area contributed by atoms with Crippen LogP contribution in [0.4, 0.5) is 0 Å². The normalized spacial score (nSPS) is 13.8. The van der Waals surface area contributed by atoms with Crippen LogP contribution in [0.5, 0.6) is 0 Å². The van der Waals surface area contributed by atoms with E-state index in [-0.39, 0.29) is 24.7 Å². The number of amides is 1. The molecule has 1 aliphatic heterocycles. The first-order chi connectivity index (χ1) is 12.2. The van der Waals surface area contributed by atoms with Crippen LogP contribution in [-0.2, 0) is 29.1 Å². The van der Waals surface area contributed by atoms with E-state index in [0.717, 1.165) is 22.2 Å². The van der Waals surface area contributed by atoms with Gasteiger partial charge >= 0.3 is 0 Å². The van der Waals surface area contributed by atoms with Crippen LogP contribution in [0, 0.1) is 0 Å². The number of pyridine rings is 1. The van der Waals surface area contributed by atoms with Crippen LogP contribution in [0.1, 0.15) is 17.0 Å². The maximum absolute atomic E-state index is 12.3. The number of H-pyrrole nitrogens is 2. The monoisotopic (exact) mass is 338 g/mol. The molecule has 1 amide bonds. The quantitative estimate of drug-likeness (QED) is 0.751. The summed E-state index contributed by atoms with van der Waals surface area (Å²) >= 11 is 0. The lowest BCUT2D eigenvalue weighted by Crippen LogP contribution is -2.38. The Kier molecular flexibility index (Phi) is 4.07. The van der Waals surface area contributed by atoms with Crippen LogP contribution in [0.2, 0.25) is 0 Å². The first kappa shape index (κ1) is 15.6. The zero-order valence-corrected chi connectivity index (χ0v) is 13.6. The number of rotatable bonds is 4. The fraction of sp³-hybridized carbons (Fsp3) is 0.278. The molecule has 2 aromatic heterocycles. The predicted molar refractivity (Wildman–Crippen MR) is 91.9 cm³/mol. The van der Waals surface area contributed by atoms with Gasteiger partial charge in [0.15, 0.2) is 0 Å². The molecule has 128 valence electrons. The molecule has 4 rings (SSSR count). The molecule has 0 saturated heterocycles. The molecule has 2 N–H and O–H groups in total. The van der Waals surface area contributed by atoms with Crippen molar-refractivity contribution in [3.63, 3.8) is 0 Å².